The Balaban J connectivity index is 1.76. The molecule has 0 amide bonds. The van der Waals surface area contributed by atoms with E-state index in [0.717, 1.165) is 22.4 Å². The molecule has 0 aliphatic carbocycles. The molecule has 3 nitrogen and oxygen atoms in total. The van der Waals surface area contributed by atoms with Crippen molar-refractivity contribution in [3.8, 4) is 5.75 Å². The van der Waals surface area contributed by atoms with Crippen LogP contribution in [0.4, 0.5) is 0 Å². The SMILES string of the molecule is Oc1ccc(Cl)cc1[C@@H]1CC(c2ccc(Cl)cc2)=N[C@@H](c2ccc(Cl)cc2)N1. The molecule has 0 spiro atoms. The molecule has 0 unspecified atom stereocenters. The van der Waals surface area contributed by atoms with Gasteiger partial charge in [0.05, 0.1) is 0 Å². The van der Waals surface area contributed by atoms with Gasteiger partial charge in [0.25, 0.3) is 0 Å². The van der Waals surface area contributed by atoms with Crippen LogP contribution < -0.4 is 5.32 Å². The van der Waals surface area contributed by atoms with Gasteiger partial charge in [0, 0.05) is 38.8 Å². The van der Waals surface area contributed by atoms with Crippen LogP contribution in [0.25, 0.3) is 0 Å². The third-order valence-electron chi connectivity index (χ3n) is 4.77. The van der Waals surface area contributed by atoms with E-state index in [-0.39, 0.29) is 18.0 Å². The van der Waals surface area contributed by atoms with E-state index in [1.807, 2.05) is 48.5 Å². The van der Waals surface area contributed by atoms with E-state index in [1.165, 1.54) is 0 Å². The second-order valence-electron chi connectivity index (χ2n) is 6.66. The lowest BCUT2D eigenvalue weighted by atomic mass is 9.93. The Labute approximate surface area is 178 Å². The highest BCUT2D eigenvalue weighted by Gasteiger charge is 2.27. The van der Waals surface area contributed by atoms with Crippen molar-refractivity contribution >= 4 is 40.5 Å². The van der Waals surface area contributed by atoms with Crippen molar-refractivity contribution in [1.82, 2.24) is 5.32 Å². The Bertz CT molecular complexity index is 1020. The van der Waals surface area contributed by atoms with E-state index in [2.05, 4.69) is 5.32 Å². The van der Waals surface area contributed by atoms with Gasteiger partial charge in [-0.2, -0.15) is 0 Å². The zero-order valence-electron chi connectivity index (χ0n) is 14.7. The first kappa shape index (κ1) is 19.3. The van der Waals surface area contributed by atoms with Crippen molar-refractivity contribution in [2.24, 2.45) is 4.99 Å². The molecule has 3 aromatic carbocycles. The summed E-state index contributed by atoms with van der Waals surface area (Å²) in [5.41, 5.74) is 3.66. The van der Waals surface area contributed by atoms with Crippen molar-refractivity contribution in [2.75, 3.05) is 0 Å². The summed E-state index contributed by atoms with van der Waals surface area (Å²) in [7, 11) is 0. The van der Waals surface area contributed by atoms with Crippen LogP contribution >= 0.6 is 34.8 Å². The van der Waals surface area contributed by atoms with Gasteiger partial charge >= 0.3 is 0 Å². The van der Waals surface area contributed by atoms with E-state index >= 15 is 0 Å². The van der Waals surface area contributed by atoms with Crippen LogP contribution in [0.1, 0.15) is 35.3 Å². The fourth-order valence-electron chi connectivity index (χ4n) is 3.34. The van der Waals surface area contributed by atoms with Crippen molar-refractivity contribution in [3.05, 3.63) is 98.5 Å². The summed E-state index contributed by atoms with van der Waals surface area (Å²) in [5, 5.41) is 15.8. The van der Waals surface area contributed by atoms with Crippen LogP contribution in [0.15, 0.2) is 71.7 Å². The van der Waals surface area contributed by atoms with E-state index in [4.69, 9.17) is 39.8 Å². The maximum atomic E-state index is 10.4. The first-order valence-corrected chi connectivity index (χ1v) is 9.95. The summed E-state index contributed by atoms with van der Waals surface area (Å²) in [6.07, 6.45) is 0.333. The number of hydrogen-bond donors (Lipinski definition) is 2. The first-order chi connectivity index (χ1) is 13.5. The summed E-state index contributed by atoms with van der Waals surface area (Å²) >= 11 is 18.3. The number of phenols is 1. The highest BCUT2D eigenvalue weighted by atomic mass is 35.5. The van der Waals surface area contributed by atoms with Crippen molar-refractivity contribution in [2.45, 2.75) is 18.6 Å². The minimum absolute atomic E-state index is 0.150. The normalized spacial score (nSPS) is 19.3. The van der Waals surface area contributed by atoms with Gasteiger partial charge < -0.3 is 5.11 Å². The molecule has 2 N–H and O–H groups in total. The number of rotatable bonds is 3. The van der Waals surface area contributed by atoms with Gasteiger partial charge in [-0.3, -0.25) is 10.3 Å². The summed E-state index contributed by atoms with van der Waals surface area (Å²) < 4.78 is 0. The Morgan fingerprint density at radius 3 is 2.11 bits per heavy atom. The zero-order chi connectivity index (χ0) is 19.7. The van der Waals surface area contributed by atoms with Crippen molar-refractivity contribution < 1.29 is 5.11 Å². The Morgan fingerprint density at radius 2 is 1.43 bits per heavy atom. The van der Waals surface area contributed by atoms with E-state index in [1.54, 1.807) is 18.2 Å². The second kappa shape index (κ2) is 8.14. The van der Waals surface area contributed by atoms with Crippen LogP contribution in [0.3, 0.4) is 0 Å². The van der Waals surface area contributed by atoms with Crippen LogP contribution in [0, 0.1) is 0 Å². The molecule has 2 atom stereocenters. The number of aromatic hydroxyl groups is 1. The molecule has 142 valence electrons. The number of benzene rings is 3. The lowest BCUT2D eigenvalue weighted by Crippen LogP contribution is -2.33. The van der Waals surface area contributed by atoms with Crippen LogP contribution in [-0.4, -0.2) is 10.8 Å². The molecule has 0 fully saturated rings. The average Bonchev–Trinajstić information content (AvgIpc) is 2.70. The lowest BCUT2D eigenvalue weighted by Gasteiger charge is -2.31. The molecule has 0 saturated heterocycles. The van der Waals surface area contributed by atoms with Crippen molar-refractivity contribution in [1.29, 1.82) is 0 Å². The highest BCUT2D eigenvalue weighted by Crippen LogP contribution is 2.36. The predicted molar refractivity (Wildman–Crippen MR) is 116 cm³/mol. The molecule has 1 heterocycles. The topological polar surface area (TPSA) is 44.6 Å². The van der Waals surface area contributed by atoms with Gasteiger partial charge in [-0.15, -0.1) is 0 Å². The quantitative estimate of drug-likeness (QED) is 0.492. The van der Waals surface area contributed by atoms with E-state index in [0.29, 0.717) is 21.5 Å². The summed E-state index contributed by atoms with van der Waals surface area (Å²) in [5.74, 6) is 0.203. The highest BCUT2D eigenvalue weighted by molar-refractivity contribution is 6.31. The Kier molecular flexibility index (Phi) is 5.61. The molecular weight excluding hydrogens is 415 g/mol. The summed E-state index contributed by atoms with van der Waals surface area (Å²) in [6.45, 7) is 0. The third kappa shape index (κ3) is 4.18. The molecule has 28 heavy (non-hydrogen) atoms. The number of nitrogens with one attached hydrogen (secondary N) is 1. The molecule has 0 radical (unpaired) electrons. The number of hydrogen-bond acceptors (Lipinski definition) is 3. The molecule has 3 aromatic rings. The maximum Gasteiger partial charge on any atom is 0.126 e. The number of nitrogens with zero attached hydrogens (tertiary/aromatic N) is 1. The summed E-state index contributed by atoms with van der Waals surface area (Å²) in [6, 6.07) is 20.1. The molecular formula is C22H17Cl3N2O. The first-order valence-electron chi connectivity index (χ1n) is 8.82. The second-order valence-corrected chi connectivity index (χ2v) is 7.97. The van der Waals surface area contributed by atoms with Gasteiger partial charge in [-0.05, 0) is 53.6 Å². The number of halogens is 3. The minimum atomic E-state index is -0.278. The molecule has 0 bridgehead atoms. The molecule has 1 aliphatic rings. The largest absolute Gasteiger partial charge is 0.508 e. The smallest absolute Gasteiger partial charge is 0.126 e. The average molecular weight is 432 g/mol. The molecule has 0 aromatic heterocycles. The van der Waals surface area contributed by atoms with Crippen LogP contribution in [0.5, 0.6) is 5.75 Å². The molecule has 0 saturated carbocycles. The predicted octanol–water partition coefficient (Wildman–Crippen LogP) is 6.57. The van der Waals surface area contributed by atoms with Gasteiger partial charge in [0.1, 0.15) is 11.9 Å². The Morgan fingerprint density at radius 1 is 0.821 bits per heavy atom. The van der Waals surface area contributed by atoms with Crippen molar-refractivity contribution in [3.63, 3.8) is 0 Å². The third-order valence-corrected chi connectivity index (χ3v) is 5.51. The Hall–Kier alpha value is -2.04. The van der Waals surface area contributed by atoms with E-state index in [9.17, 15) is 5.11 Å². The van der Waals surface area contributed by atoms with E-state index < -0.39 is 0 Å². The molecule has 4 rings (SSSR count). The van der Waals surface area contributed by atoms with Crippen LogP contribution in [0.2, 0.25) is 15.1 Å². The maximum absolute atomic E-state index is 10.4. The standard InChI is InChI=1S/C22H17Cl3N2O/c23-15-5-1-13(2-6-15)19-12-20(18-11-17(25)9-10-21(18)28)27-22(26-19)14-3-7-16(24)8-4-14/h1-11,20,22,27-28H,12H2/t20-,22+/m0/s1. The monoisotopic (exact) mass is 430 g/mol. The fourth-order valence-corrected chi connectivity index (χ4v) is 3.78. The lowest BCUT2D eigenvalue weighted by molar-refractivity contribution is 0.413. The van der Waals surface area contributed by atoms with Crippen LogP contribution in [-0.2, 0) is 0 Å². The number of aliphatic imine (C=N–C) groups is 1. The molecule has 6 heteroatoms. The van der Waals surface area contributed by atoms with Gasteiger partial charge in [-0.1, -0.05) is 59.1 Å². The minimum Gasteiger partial charge on any atom is -0.508 e. The molecule has 1 aliphatic heterocycles. The summed E-state index contributed by atoms with van der Waals surface area (Å²) in [4.78, 5) is 4.91. The fraction of sp³-hybridized carbons (Fsp3) is 0.136. The van der Waals surface area contributed by atoms with Gasteiger partial charge in [-0.25, -0.2) is 0 Å². The van der Waals surface area contributed by atoms with Gasteiger partial charge in [0.2, 0.25) is 0 Å². The van der Waals surface area contributed by atoms with Gasteiger partial charge in [0.15, 0.2) is 0 Å². The number of phenolic OH excluding ortho intramolecular Hbond substituents is 1. The zero-order valence-corrected chi connectivity index (χ0v) is 17.0.